The van der Waals surface area contributed by atoms with Crippen molar-refractivity contribution in [3.8, 4) is 0 Å². The van der Waals surface area contributed by atoms with Crippen molar-refractivity contribution in [2.45, 2.75) is 44.9 Å². The Balaban J connectivity index is 1.97. The minimum absolute atomic E-state index is 0.455. The summed E-state index contributed by atoms with van der Waals surface area (Å²) < 4.78 is 0. The smallest absolute Gasteiger partial charge is 0.136 e. The molecule has 0 radical (unpaired) electrons. The van der Waals surface area contributed by atoms with E-state index < -0.39 is 0 Å². The van der Waals surface area contributed by atoms with Crippen molar-refractivity contribution >= 4 is 5.78 Å². The van der Waals surface area contributed by atoms with Crippen molar-refractivity contribution in [1.29, 1.82) is 0 Å². The monoisotopic (exact) mass is 190 g/mol. The molecule has 3 aliphatic carbocycles. The van der Waals surface area contributed by atoms with Gasteiger partial charge in [-0.1, -0.05) is 12.5 Å². The van der Waals surface area contributed by atoms with E-state index in [9.17, 15) is 4.79 Å². The molecule has 1 heteroatoms. The number of carbonyl (C=O) groups excluding carboxylic acids is 1. The van der Waals surface area contributed by atoms with E-state index in [1.807, 2.05) is 0 Å². The summed E-state index contributed by atoms with van der Waals surface area (Å²) in [4.78, 5) is 11.7. The number of ketones is 1. The Bertz CT molecular complexity index is 306. The lowest BCUT2D eigenvalue weighted by molar-refractivity contribution is -0.125. The molecule has 0 aromatic rings. The Morgan fingerprint density at radius 2 is 2.29 bits per heavy atom. The van der Waals surface area contributed by atoms with E-state index >= 15 is 0 Å². The van der Waals surface area contributed by atoms with Crippen molar-refractivity contribution in [2.75, 3.05) is 0 Å². The molecule has 0 heterocycles. The summed E-state index contributed by atoms with van der Waals surface area (Å²) >= 11 is 0. The molecule has 3 saturated carbocycles. The van der Waals surface area contributed by atoms with Crippen LogP contribution in [0.25, 0.3) is 0 Å². The van der Waals surface area contributed by atoms with Crippen molar-refractivity contribution in [2.24, 2.45) is 16.7 Å². The highest BCUT2D eigenvalue weighted by Gasteiger charge is 2.71. The summed E-state index contributed by atoms with van der Waals surface area (Å²) in [5.41, 5.74) is 0.948. The van der Waals surface area contributed by atoms with E-state index in [0.29, 0.717) is 22.5 Å². The van der Waals surface area contributed by atoms with Gasteiger partial charge in [-0.25, -0.2) is 0 Å². The van der Waals surface area contributed by atoms with Gasteiger partial charge in [0.05, 0.1) is 0 Å². The maximum absolute atomic E-state index is 11.7. The van der Waals surface area contributed by atoms with Crippen LogP contribution in [-0.2, 0) is 4.79 Å². The lowest BCUT2D eigenvalue weighted by atomic mass is 9.65. The Morgan fingerprint density at radius 1 is 1.43 bits per heavy atom. The van der Waals surface area contributed by atoms with Gasteiger partial charge in [0.25, 0.3) is 0 Å². The molecular weight excluding hydrogens is 172 g/mol. The number of carbonyl (C=O) groups is 1. The third kappa shape index (κ3) is 0.796. The standard InChI is InChI=1S/C13H18O/c1-2-5-12-6-3-7-13(12)9-10(13)11(14)4-8-12/h2,10H,1,3-9H2/t10-,12+,13-/m1/s1. The summed E-state index contributed by atoms with van der Waals surface area (Å²) in [6, 6.07) is 0. The highest BCUT2D eigenvalue weighted by molar-refractivity contribution is 5.86. The third-order valence-corrected chi connectivity index (χ3v) is 5.18. The van der Waals surface area contributed by atoms with E-state index in [4.69, 9.17) is 0 Å². The second kappa shape index (κ2) is 2.50. The highest BCUT2D eigenvalue weighted by atomic mass is 16.1. The largest absolute Gasteiger partial charge is 0.299 e. The van der Waals surface area contributed by atoms with E-state index in [2.05, 4.69) is 12.7 Å². The Kier molecular flexibility index (Phi) is 1.55. The molecule has 1 spiro atoms. The zero-order chi connectivity index (χ0) is 9.81. The van der Waals surface area contributed by atoms with Crippen LogP contribution in [0.2, 0.25) is 0 Å². The van der Waals surface area contributed by atoms with Gasteiger partial charge in [-0.2, -0.15) is 0 Å². The number of Topliss-reactive ketones (excluding diaryl/α,β-unsaturated/α-hetero) is 1. The molecule has 0 aliphatic heterocycles. The minimum atomic E-state index is 0.455. The van der Waals surface area contributed by atoms with Gasteiger partial charge in [0.15, 0.2) is 0 Å². The van der Waals surface area contributed by atoms with E-state index in [-0.39, 0.29) is 0 Å². The lowest BCUT2D eigenvalue weighted by Gasteiger charge is -2.39. The fourth-order valence-electron chi connectivity index (χ4n) is 4.44. The zero-order valence-electron chi connectivity index (χ0n) is 8.72. The van der Waals surface area contributed by atoms with Crippen LogP contribution in [0, 0.1) is 16.7 Å². The average molecular weight is 190 g/mol. The predicted octanol–water partition coefficient (Wildman–Crippen LogP) is 3.10. The van der Waals surface area contributed by atoms with E-state index in [1.165, 1.54) is 25.7 Å². The normalized spacial score (nSPS) is 49.7. The van der Waals surface area contributed by atoms with Gasteiger partial charge in [0, 0.05) is 12.3 Å². The van der Waals surface area contributed by atoms with Crippen LogP contribution in [0.15, 0.2) is 12.7 Å². The quantitative estimate of drug-likeness (QED) is 0.611. The van der Waals surface area contributed by atoms with Crippen LogP contribution in [0.5, 0.6) is 0 Å². The second-order valence-electron chi connectivity index (χ2n) is 5.51. The molecule has 14 heavy (non-hydrogen) atoms. The Hall–Kier alpha value is -0.590. The van der Waals surface area contributed by atoms with Gasteiger partial charge >= 0.3 is 0 Å². The van der Waals surface area contributed by atoms with Crippen molar-refractivity contribution in [3.05, 3.63) is 12.7 Å². The SMILES string of the molecule is C=CC[C@@]12CCC[C@]13C[C@@H]3C(=O)CC2. The molecule has 76 valence electrons. The minimum Gasteiger partial charge on any atom is -0.299 e. The van der Waals surface area contributed by atoms with Crippen LogP contribution in [-0.4, -0.2) is 5.78 Å². The maximum atomic E-state index is 11.7. The molecule has 0 aromatic carbocycles. The first-order valence-electron chi connectivity index (χ1n) is 5.88. The fraction of sp³-hybridized carbons (Fsp3) is 0.769. The third-order valence-electron chi connectivity index (χ3n) is 5.18. The number of hydrogen-bond donors (Lipinski definition) is 0. The first-order chi connectivity index (χ1) is 6.74. The number of hydrogen-bond acceptors (Lipinski definition) is 1. The Labute approximate surface area is 85.6 Å². The molecule has 0 N–H and O–H groups in total. The molecule has 3 fully saturated rings. The van der Waals surface area contributed by atoms with Crippen LogP contribution in [0.3, 0.4) is 0 Å². The molecule has 0 aromatic heterocycles. The number of rotatable bonds is 2. The zero-order valence-corrected chi connectivity index (χ0v) is 8.72. The van der Waals surface area contributed by atoms with Crippen LogP contribution < -0.4 is 0 Å². The van der Waals surface area contributed by atoms with Gasteiger partial charge in [-0.15, -0.1) is 6.58 Å². The molecule has 0 saturated heterocycles. The first-order valence-corrected chi connectivity index (χ1v) is 5.88. The molecule has 0 unspecified atom stereocenters. The van der Waals surface area contributed by atoms with Gasteiger partial charge < -0.3 is 0 Å². The molecule has 1 nitrogen and oxygen atoms in total. The van der Waals surface area contributed by atoms with Crippen molar-refractivity contribution < 1.29 is 4.79 Å². The summed E-state index contributed by atoms with van der Waals surface area (Å²) in [7, 11) is 0. The molecule has 3 rings (SSSR count). The summed E-state index contributed by atoms with van der Waals surface area (Å²) in [6.45, 7) is 3.89. The van der Waals surface area contributed by atoms with Gasteiger partial charge in [-0.05, 0) is 42.9 Å². The van der Waals surface area contributed by atoms with Crippen molar-refractivity contribution in [1.82, 2.24) is 0 Å². The summed E-state index contributed by atoms with van der Waals surface area (Å²) in [5.74, 6) is 1.02. The first kappa shape index (κ1) is 8.70. The molecule has 0 bridgehead atoms. The Morgan fingerprint density at radius 3 is 3.07 bits per heavy atom. The number of allylic oxidation sites excluding steroid dienone is 1. The van der Waals surface area contributed by atoms with Gasteiger partial charge in [0.1, 0.15) is 5.78 Å². The summed E-state index contributed by atoms with van der Waals surface area (Å²) in [5, 5.41) is 0. The summed E-state index contributed by atoms with van der Waals surface area (Å²) in [6.07, 6.45) is 10.4. The second-order valence-corrected chi connectivity index (χ2v) is 5.51. The van der Waals surface area contributed by atoms with Crippen LogP contribution in [0.1, 0.15) is 44.9 Å². The molecular formula is C13H18O. The fourth-order valence-corrected chi connectivity index (χ4v) is 4.44. The molecule has 0 amide bonds. The maximum Gasteiger partial charge on any atom is 0.136 e. The van der Waals surface area contributed by atoms with Gasteiger partial charge in [-0.3, -0.25) is 4.79 Å². The van der Waals surface area contributed by atoms with Crippen LogP contribution >= 0.6 is 0 Å². The van der Waals surface area contributed by atoms with E-state index in [1.54, 1.807) is 0 Å². The average Bonchev–Trinajstić information content (AvgIpc) is 2.79. The van der Waals surface area contributed by atoms with E-state index in [0.717, 1.165) is 19.3 Å². The lowest BCUT2D eigenvalue weighted by Crippen LogP contribution is -2.34. The van der Waals surface area contributed by atoms with Crippen molar-refractivity contribution in [3.63, 3.8) is 0 Å². The molecule has 3 atom stereocenters. The molecule has 3 aliphatic rings. The van der Waals surface area contributed by atoms with Crippen LogP contribution in [0.4, 0.5) is 0 Å². The predicted molar refractivity (Wildman–Crippen MR) is 55.9 cm³/mol. The topological polar surface area (TPSA) is 17.1 Å². The van der Waals surface area contributed by atoms with Gasteiger partial charge in [0.2, 0.25) is 0 Å². The highest BCUT2D eigenvalue weighted by Crippen LogP contribution is 2.76.